The van der Waals surface area contributed by atoms with E-state index in [4.69, 9.17) is 10.5 Å². The summed E-state index contributed by atoms with van der Waals surface area (Å²) in [6.45, 7) is 6.39. The highest BCUT2D eigenvalue weighted by Crippen LogP contribution is 2.29. The van der Waals surface area contributed by atoms with Crippen LogP contribution in [0.5, 0.6) is 5.75 Å². The largest absolute Gasteiger partial charge is 0.488 e. The molecule has 3 aromatic rings. The highest BCUT2D eigenvalue weighted by molar-refractivity contribution is 5.92. The van der Waals surface area contributed by atoms with E-state index in [1.807, 2.05) is 50.2 Å². The van der Waals surface area contributed by atoms with Crippen molar-refractivity contribution in [3.63, 3.8) is 0 Å². The summed E-state index contributed by atoms with van der Waals surface area (Å²) in [6, 6.07) is 11.6. The van der Waals surface area contributed by atoms with E-state index in [1.165, 1.54) is 0 Å². The Morgan fingerprint density at radius 1 is 1.23 bits per heavy atom. The summed E-state index contributed by atoms with van der Waals surface area (Å²) >= 11 is 0. The van der Waals surface area contributed by atoms with Crippen molar-refractivity contribution in [1.82, 2.24) is 14.8 Å². The van der Waals surface area contributed by atoms with Crippen LogP contribution in [0.15, 0.2) is 42.6 Å². The molecule has 0 unspecified atom stereocenters. The maximum Gasteiger partial charge on any atom is 0.158 e. The number of ether oxygens (including phenoxy) is 1. The Labute approximate surface area is 153 Å². The standard InChI is InChI=1S/C20H24N4O2/c1-14(25)13-24-19-17(5-4-12-22-19)18(23-24)15-6-8-16(9-7-15)26-20(2,3)10-11-21/h4-9,12H,10-11,13,21H2,1-3H3. The Balaban J connectivity index is 1.93. The normalized spacial score (nSPS) is 11.7. The van der Waals surface area contributed by atoms with Crippen LogP contribution >= 0.6 is 0 Å². The van der Waals surface area contributed by atoms with Gasteiger partial charge in [0, 0.05) is 17.1 Å². The van der Waals surface area contributed by atoms with Crippen molar-refractivity contribution in [1.29, 1.82) is 0 Å². The molecular formula is C20H24N4O2. The smallest absolute Gasteiger partial charge is 0.158 e. The maximum atomic E-state index is 11.5. The Morgan fingerprint density at radius 2 is 1.96 bits per heavy atom. The first-order valence-electron chi connectivity index (χ1n) is 8.70. The highest BCUT2D eigenvalue weighted by Gasteiger charge is 2.19. The fourth-order valence-electron chi connectivity index (χ4n) is 2.94. The first-order valence-corrected chi connectivity index (χ1v) is 8.70. The molecule has 0 radical (unpaired) electrons. The third-order valence-corrected chi connectivity index (χ3v) is 4.15. The van der Waals surface area contributed by atoms with Gasteiger partial charge in [0.15, 0.2) is 11.4 Å². The third kappa shape index (κ3) is 3.91. The molecule has 26 heavy (non-hydrogen) atoms. The maximum absolute atomic E-state index is 11.5. The molecule has 6 heteroatoms. The number of nitrogens with zero attached hydrogens (tertiary/aromatic N) is 3. The lowest BCUT2D eigenvalue weighted by Crippen LogP contribution is -2.31. The van der Waals surface area contributed by atoms with E-state index in [1.54, 1.807) is 17.8 Å². The molecule has 2 N–H and O–H groups in total. The lowest BCUT2D eigenvalue weighted by atomic mass is 10.1. The summed E-state index contributed by atoms with van der Waals surface area (Å²) in [4.78, 5) is 15.9. The molecule has 0 fully saturated rings. The van der Waals surface area contributed by atoms with Crippen LogP contribution in [-0.4, -0.2) is 32.7 Å². The van der Waals surface area contributed by atoms with Gasteiger partial charge in [-0.3, -0.25) is 4.79 Å². The number of ketones is 1. The first kappa shape index (κ1) is 18.1. The summed E-state index contributed by atoms with van der Waals surface area (Å²) in [5.74, 6) is 0.829. The molecule has 0 amide bonds. The van der Waals surface area contributed by atoms with E-state index in [-0.39, 0.29) is 17.9 Å². The number of nitrogens with two attached hydrogens (primary N) is 1. The van der Waals surface area contributed by atoms with E-state index < -0.39 is 0 Å². The van der Waals surface area contributed by atoms with Crippen LogP contribution in [0.4, 0.5) is 0 Å². The predicted octanol–water partition coefficient (Wildman–Crippen LogP) is 3.19. The molecule has 3 rings (SSSR count). The minimum atomic E-state index is -0.310. The van der Waals surface area contributed by atoms with Gasteiger partial charge in [0.05, 0.1) is 0 Å². The zero-order chi connectivity index (χ0) is 18.7. The average molecular weight is 352 g/mol. The van der Waals surface area contributed by atoms with Crippen LogP contribution in [0.1, 0.15) is 27.2 Å². The molecule has 0 aliphatic carbocycles. The number of fused-ring (bicyclic) bond motifs is 1. The third-order valence-electron chi connectivity index (χ3n) is 4.15. The van der Waals surface area contributed by atoms with E-state index >= 15 is 0 Å². The summed E-state index contributed by atoms with van der Waals surface area (Å²) in [6.07, 6.45) is 2.49. The zero-order valence-electron chi connectivity index (χ0n) is 15.4. The van der Waals surface area contributed by atoms with Crippen molar-refractivity contribution in [3.05, 3.63) is 42.6 Å². The van der Waals surface area contributed by atoms with Crippen LogP contribution in [0.25, 0.3) is 22.3 Å². The summed E-state index contributed by atoms with van der Waals surface area (Å²) < 4.78 is 7.67. The number of hydrogen-bond donors (Lipinski definition) is 1. The van der Waals surface area contributed by atoms with Gasteiger partial charge in [-0.1, -0.05) is 0 Å². The van der Waals surface area contributed by atoms with Crippen molar-refractivity contribution in [3.8, 4) is 17.0 Å². The van der Waals surface area contributed by atoms with Gasteiger partial charge < -0.3 is 10.5 Å². The molecule has 0 atom stereocenters. The van der Waals surface area contributed by atoms with Crippen LogP contribution < -0.4 is 10.5 Å². The lowest BCUT2D eigenvalue weighted by Gasteiger charge is -2.26. The molecule has 0 spiro atoms. The van der Waals surface area contributed by atoms with E-state index in [9.17, 15) is 4.79 Å². The number of carbonyl (C=O) groups excluding carboxylic acids is 1. The van der Waals surface area contributed by atoms with Crippen LogP contribution in [0.2, 0.25) is 0 Å². The van der Waals surface area contributed by atoms with Crippen molar-refractivity contribution < 1.29 is 9.53 Å². The van der Waals surface area contributed by atoms with Gasteiger partial charge in [-0.2, -0.15) is 5.10 Å². The average Bonchev–Trinajstić information content (AvgIpc) is 2.93. The Hall–Kier alpha value is -2.73. The number of hydrogen-bond acceptors (Lipinski definition) is 5. The fraction of sp³-hybridized carbons (Fsp3) is 0.350. The second kappa shape index (κ2) is 7.25. The van der Waals surface area contributed by atoms with Gasteiger partial charge in [-0.05, 0) is 70.1 Å². The first-order chi connectivity index (χ1) is 12.4. The molecule has 2 heterocycles. The van der Waals surface area contributed by atoms with Crippen molar-refractivity contribution in [2.45, 2.75) is 39.3 Å². The number of aromatic nitrogens is 3. The quantitative estimate of drug-likeness (QED) is 0.706. The molecular weight excluding hydrogens is 328 g/mol. The van der Waals surface area contributed by atoms with Crippen molar-refractivity contribution >= 4 is 16.8 Å². The second-order valence-corrected chi connectivity index (χ2v) is 7.01. The highest BCUT2D eigenvalue weighted by atomic mass is 16.5. The van der Waals surface area contributed by atoms with E-state index in [0.29, 0.717) is 12.2 Å². The second-order valence-electron chi connectivity index (χ2n) is 7.01. The van der Waals surface area contributed by atoms with Gasteiger partial charge in [-0.15, -0.1) is 0 Å². The molecule has 1 aromatic carbocycles. The van der Waals surface area contributed by atoms with Crippen LogP contribution in [0, 0.1) is 0 Å². The minimum Gasteiger partial charge on any atom is -0.488 e. The van der Waals surface area contributed by atoms with Crippen molar-refractivity contribution in [2.24, 2.45) is 5.73 Å². The van der Waals surface area contributed by atoms with Gasteiger partial charge >= 0.3 is 0 Å². The Bertz CT molecular complexity index is 913. The number of Topliss-reactive ketones (excluding diaryl/α,β-unsaturated/α-hetero) is 1. The fourth-order valence-corrected chi connectivity index (χ4v) is 2.94. The molecule has 0 saturated carbocycles. The molecule has 6 nitrogen and oxygen atoms in total. The van der Waals surface area contributed by atoms with Crippen LogP contribution in [0.3, 0.4) is 0 Å². The van der Waals surface area contributed by atoms with Crippen molar-refractivity contribution in [2.75, 3.05) is 6.54 Å². The van der Waals surface area contributed by atoms with Gasteiger partial charge in [0.2, 0.25) is 0 Å². The minimum absolute atomic E-state index is 0.0393. The van der Waals surface area contributed by atoms with Gasteiger partial charge in [0.25, 0.3) is 0 Å². The van der Waals surface area contributed by atoms with Crippen LogP contribution in [-0.2, 0) is 11.3 Å². The number of carbonyl (C=O) groups is 1. The molecule has 136 valence electrons. The summed E-state index contributed by atoms with van der Waals surface area (Å²) in [5.41, 5.74) is 7.80. The number of rotatable bonds is 7. The summed E-state index contributed by atoms with van der Waals surface area (Å²) in [7, 11) is 0. The SMILES string of the molecule is CC(=O)Cn1nc(-c2ccc(OC(C)(C)CCN)cc2)c2cccnc21. The molecule has 0 bridgehead atoms. The molecule has 2 aromatic heterocycles. The molecule has 0 saturated heterocycles. The summed E-state index contributed by atoms with van der Waals surface area (Å²) in [5, 5.41) is 5.53. The molecule has 0 aliphatic rings. The predicted molar refractivity (Wildman–Crippen MR) is 102 cm³/mol. The lowest BCUT2D eigenvalue weighted by molar-refractivity contribution is -0.117. The number of pyridine rings is 1. The Morgan fingerprint density at radius 3 is 2.62 bits per heavy atom. The molecule has 0 aliphatic heterocycles. The van der Waals surface area contributed by atoms with Gasteiger partial charge in [0.1, 0.15) is 23.6 Å². The van der Waals surface area contributed by atoms with E-state index in [0.717, 1.165) is 28.8 Å². The zero-order valence-corrected chi connectivity index (χ0v) is 15.4. The number of benzene rings is 1. The van der Waals surface area contributed by atoms with Gasteiger partial charge in [-0.25, -0.2) is 9.67 Å². The monoisotopic (exact) mass is 352 g/mol. The Kier molecular flexibility index (Phi) is 5.04. The topological polar surface area (TPSA) is 83.0 Å². The van der Waals surface area contributed by atoms with E-state index in [2.05, 4.69) is 10.1 Å².